The molecule has 0 spiro atoms. The largest absolute Gasteiger partial charge is 0.454 e. The Hall–Kier alpha value is -3.79. The summed E-state index contributed by atoms with van der Waals surface area (Å²) < 4.78 is 10.9. The topological polar surface area (TPSA) is 91.7 Å². The van der Waals surface area contributed by atoms with Gasteiger partial charge in [0.15, 0.2) is 11.5 Å². The van der Waals surface area contributed by atoms with Crippen molar-refractivity contribution in [2.75, 3.05) is 13.3 Å². The first-order valence-corrected chi connectivity index (χ1v) is 11.4. The molecule has 5 rings (SSSR count). The summed E-state index contributed by atoms with van der Waals surface area (Å²) in [6, 6.07) is 16.0. The predicted octanol–water partition coefficient (Wildman–Crippen LogP) is 3.72. The third kappa shape index (κ3) is 4.05. The van der Waals surface area contributed by atoms with E-state index in [9.17, 15) is 14.9 Å². The Morgan fingerprint density at radius 1 is 1.06 bits per heavy atom. The van der Waals surface area contributed by atoms with Gasteiger partial charge in [0.2, 0.25) is 12.7 Å². The molecule has 1 saturated carbocycles. The van der Waals surface area contributed by atoms with Crippen LogP contribution in [0.2, 0.25) is 0 Å². The van der Waals surface area contributed by atoms with Gasteiger partial charge in [0.25, 0.3) is 5.91 Å². The highest BCUT2D eigenvalue weighted by Gasteiger charge is 2.40. The Balaban J connectivity index is 1.50. The van der Waals surface area contributed by atoms with Crippen molar-refractivity contribution in [1.29, 1.82) is 5.26 Å². The third-order valence-electron chi connectivity index (χ3n) is 6.56. The summed E-state index contributed by atoms with van der Waals surface area (Å²) in [5.74, 6) is 0.489. The normalized spacial score (nSPS) is 18.9. The molecule has 1 N–H and O–H groups in total. The summed E-state index contributed by atoms with van der Waals surface area (Å²) in [5.41, 5.74) is 2.16. The zero-order chi connectivity index (χ0) is 22.8. The first-order valence-electron chi connectivity index (χ1n) is 11.4. The quantitative estimate of drug-likeness (QED) is 0.760. The second-order valence-corrected chi connectivity index (χ2v) is 8.62. The minimum atomic E-state index is -0.876. The highest BCUT2D eigenvalue weighted by atomic mass is 16.7. The van der Waals surface area contributed by atoms with E-state index in [2.05, 4.69) is 11.4 Å². The van der Waals surface area contributed by atoms with Crippen LogP contribution in [0.1, 0.15) is 49.3 Å². The molecule has 2 aromatic carbocycles. The molecule has 1 fully saturated rings. The zero-order valence-electron chi connectivity index (χ0n) is 18.3. The summed E-state index contributed by atoms with van der Waals surface area (Å²) >= 11 is 0. The highest BCUT2D eigenvalue weighted by molar-refractivity contribution is 6.11. The van der Waals surface area contributed by atoms with E-state index in [4.69, 9.17) is 9.47 Å². The molecule has 7 nitrogen and oxygen atoms in total. The number of nitrogens with zero attached hydrogens (tertiary/aromatic N) is 2. The van der Waals surface area contributed by atoms with Gasteiger partial charge in [-0.25, -0.2) is 0 Å². The van der Waals surface area contributed by atoms with Crippen LogP contribution in [0.3, 0.4) is 0 Å². The molecule has 0 saturated heterocycles. The van der Waals surface area contributed by atoms with E-state index in [1.54, 1.807) is 18.2 Å². The van der Waals surface area contributed by atoms with Gasteiger partial charge in [-0.1, -0.05) is 55.7 Å². The molecule has 1 aliphatic carbocycles. The summed E-state index contributed by atoms with van der Waals surface area (Å²) in [6.45, 7) is 0.307. The van der Waals surface area contributed by atoms with Crippen LogP contribution in [0, 0.1) is 11.3 Å². The number of carbonyl (C=O) groups excluding carboxylic acids is 2. The summed E-state index contributed by atoms with van der Waals surface area (Å²) in [7, 11) is 0. The molecule has 7 heteroatoms. The van der Waals surface area contributed by atoms with Crippen molar-refractivity contribution in [3.8, 4) is 17.6 Å². The van der Waals surface area contributed by atoms with Gasteiger partial charge in [-0.2, -0.15) is 5.26 Å². The number of ether oxygens (including phenoxy) is 2. The highest BCUT2D eigenvalue weighted by Crippen LogP contribution is 2.39. The Morgan fingerprint density at radius 3 is 2.58 bits per heavy atom. The minimum Gasteiger partial charge on any atom is -0.454 e. The Morgan fingerprint density at radius 2 is 1.82 bits per heavy atom. The van der Waals surface area contributed by atoms with E-state index in [0.29, 0.717) is 22.6 Å². The van der Waals surface area contributed by atoms with Crippen molar-refractivity contribution in [3.05, 3.63) is 65.2 Å². The molecule has 0 radical (unpaired) electrons. The number of carbonyl (C=O) groups is 2. The molecule has 0 bridgehead atoms. The van der Waals surface area contributed by atoms with Crippen molar-refractivity contribution in [2.24, 2.45) is 0 Å². The summed E-state index contributed by atoms with van der Waals surface area (Å²) in [4.78, 5) is 28.5. The first kappa shape index (κ1) is 21.1. The van der Waals surface area contributed by atoms with Crippen LogP contribution in [-0.4, -0.2) is 36.1 Å². The smallest absolute Gasteiger partial charge is 0.266 e. The van der Waals surface area contributed by atoms with Crippen molar-refractivity contribution in [1.82, 2.24) is 10.2 Å². The molecule has 2 aromatic rings. The molecule has 1 atom stereocenters. The van der Waals surface area contributed by atoms with E-state index >= 15 is 0 Å². The van der Waals surface area contributed by atoms with Crippen molar-refractivity contribution >= 4 is 17.4 Å². The van der Waals surface area contributed by atoms with Gasteiger partial charge in [-0.05, 0) is 36.1 Å². The molecular formula is C26H25N3O4. The fraction of sp³-hybridized carbons (Fsp3) is 0.346. The second-order valence-electron chi connectivity index (χ2n) is 8.62. The van der Waals surface area contributed by atoms with Crippen LogP contribution >= 0.6 is 0 Å². The van der Waals surface area contributed by atoms with Gasteiger partial charge >= 0.3 is 0 Å². The Kier molecular flexibility index (Phi) is 5.74. The average molecular weight is 444 g/mol. The van der Waals surface area contributed by atoms with E-state index in [-0.39, 0.29) is 30.9 Å². The van der Waals surface area contributed by atoms with Gasteiger partial charge in [-0.15, -0.1) is 0 Å². The van der Waals surface area contributed by atoms with Crippen LogP contribution < -0.4 is 14.8 Å². The lowest BCUT2D eigenvalue weighted by Crippen LogP contribution is -2.46. The number of hydrogen-bond donors (Lipinski definition) is 1. The number of hydrogen-bond acceptors (Lipinski definition) is 5. The summed E-state index contributed by atoms with van der Waals surface area (Å²) in [5, 5.41) is 12.9. The van der Waals surface area contributed by atoms with Crippen molar-refractivity contribution < 1.29 is 19.1 Å². The van der Waals surface area contributed by atoms with Gasteiger partial charge in [0.05, 0.1) is 0 Å². The standard InChI is InChI=1S/C26H25N3O4/c27-14-20-21(17-7-3-1-4-8-17)15-29(26(20)31)24(25(30)28-19-9-5-2-6-10-19)18-11-12-22-23(13-18)33-16-32-22/h1,3-4,7-8,11-13,19,24H,2,5-6,9-10,15-16H2,(H,28,30). The lowest BCUT2D eigenvalue weighted by molar-refractivity contribution is -0.136. The van der Waals surface area contributed by atoms with Crippen LogP contribution in [0.15, 0.2) is 54.1 Å². The molecule has 1 unspecified atom stereocenters. The van der Waals surface area contributed by atoms with E-state index in [1.807, 2.05) is 30.3 Å². The number of nitrogens with one attached hydrogen (secondary N) is 1. The molecule has 2 amide bonds. The number of fused-ring (bicyclic) bond motifs is 1. The Labute approximate surface area is 192 Å². The maximum atomic E-state index is 13.6. The molecule has 2 aliphatic heterocycles. The number of rotatable bonds is 5. The van der Waals surface area contributed by atoms with Crippen LogP contribution in [0.5, 0.6) is 11.5 Å². The maximum Gasteiger partial charge on any atom is 0.266 e. The number of amides is 2. The number of benzene rings is 2. The Bertz CT molecular complexity index is 1150. The molecule has 33 heavy (non-hydrogen) atoms. The van der Waals surface area contributed by atoms with E-state index in [0.717, 1.165) is 31.2 Å². The first-order chi connectivity index (χ1) is 16.2. The average Bonchev–Trinajstić information content (AvgIpc) is 3.44. The monoisotopic (exact) mass is 443 g/mol. The maximum absolute atomic E-state index is 13.6. The lowest BCUT2D eigenvalue weighted by atomic mass is 9.94. The lowest BCUT2D eigenvalue weighted by Gasteiger charge is -2.31. The fourth-order valence-corrected chi connectivity index (χ4v) is 4.88. The fourth-order valence-electron chi connectivity index (χ4n) is 4.88. The van der Waals surface area contributed by atoms with Crippen molar-refractivity contribution in [3.63, 3.8) is 0 Å². The van der Waals surface area contributed by atoms with Crippen LogP contribution in [-0.2, 0) is 9.59 Å². The summed E-state index contributed by atoms with van der Waals surface area (Å²) in [6.07, 6.45) is 5.22. The van der Waals surface area contributed by atoms with Gasteiger partial charge < -0.3 is 19.7 Å². The van der Waals surface area contributed by atoms with E-state index in [1.165, 1.54) is 11.3 Å². The molecular weight excluding hydrogens is 418 g/mol. The molecule has 2 heterocycles. The SMILES string of the molecule is N#CC1=C(c2ccccc2)CN(C(C(=O)NC2CCCCC2)c2ccc3c(c2)OCO3)C1=O. The van der Waals surface area contributed by atoms with Gasteiger partial charge in [0.1, 0.15) is 17.7 Å². The van der Waals surface area contributed by atoms with Gasteiger partial charge in [0, 0.05) is 18.2 Å². The molecule has 168 valence electrons. The van der Waals surface area contributed by atoms with E-state index < -0.39 is 11.9 Å². The van der Waals surface area contributed by atoms with Gasteiger partial charge in [-0.3, -0.25) is 9.59 Å². The predicted molar refractivity (Wildman–Crippen MR) is 121 cm³/mol. The second kappa shape index (κ2) is 8.99. The van der Waals surface area contributed by atoms with Crippen molar-refractivity contribution in [2.45, 2.75) is 44.2 Å². The molecule has 3 aliphatic rings. The molecule has 0 aromatic heterocycles. The van der Waals surface area contributed by atoms with Crippen LogP contribution in [0.25, 0.3) is 5.57 Å². The van der Waals surface area contributed by atoms with Crippen LogP contribution in [0.4, 0.5) is 0 Å². The minimum absolute atomic E-state index is 0.0809. The zero-order valence-corrected chi connectivity index (χ0v) is 18.3. The number of nitriles is 1. The third-order valence-corrected chi connectivity index (χ3v) is 6.56.